The minimum absolute atomic E-state index is 0.109. The fraction of sp³-hybridized carbons (Fsp3) is 0.154. The minimum atomic E-state index is -0.393. The zero-order chi connectivity index (χ0) is 21.5. The maximum absolute atomic E-state index is 10.1. The van der Waals surface area contributed by atoms with Gasteiger partial charge in [0.1, 0.15) is 0 Å². The summed E-state index contributed by atoms with van der Waals surface area (Å²) in [6.45, 7) is 2.03. The van der Waals surface area contributed by atoms with Gasteiger partial charge in [-0.3, -0.25) is 0 Å². The molecule has 0 radical (unpaired) electrons. The molecular formula is C26H20Cl2N2. The van der Waals surface area contributed by atoms with Gasteiger partial charge < -0.3 is 0 Å². The van der Waals surface area contributed by atoms with E-state index < -0.39 is 5.92 Å². The van der Waals surface area contributed by atoms with Crippen LogP contribution in [-0.2, 0) is 0 Å². The summed E-state index contributed by atoms with van der Waals surface area (Å²) in [6.07, 6.45) is 1.92. The van der Waals surface area contributed by atoms with Gasteiger partial charge in [0.05, 0.1) is 23.6 Å². The highest BCUT2D eigenvalue weighted by molar-refractivity contribution is 6.31. The van der Waals surface area contributed by atoms with Crippen molar-refractivity contribution in [1.82, 2.24) is 0 Å². The van der Waals surface area contributed by atoms with E-state index in [1.807, 2.05) is 79.7 Å². The van der Waals surface area contributed by atoms with Crippen LogP contribution in [0.2, 0.25) is 10.0 Å². The van der Waals surface area contributed by atoms with Crippen LogP contribution in [0.25, 0.3) is 5.57 Å². The SMILES string of the molecule is CC(/C=C(\C#N)c1cccc(Cl)c1)C(c1cccc(Cl)c1)C(C#N)c1ccccc1. The molecule has 0 aromatic heterocycles. The van der Waals surface area contributed by atoms with E-state index in [0.717, 1.165) is 16.7 Å². The summed E-state index contributed by atoms with van der Waals surface area (Å²) >= 11 is 12.4. The van der Waals surface area contributed by atoms with Gasteiger partial charge in [0.15, 0.2) is 0 Å². The van der Waals surface area contributed by atoms with E-state index in [-0.39, 0.29) is 11.8 Å². The monoisotopic (exact) mass is 430 g/mol. The molecule has 0 saturated heterocycles. The smallest absolute Gasteiger partial charge is 0.0994 e. The van der Waals surface area contributed by atoms with E-state index in [9.17, 15) is 10.5 Å². The van der Waals surface area contributed by atoms with Gasteiger partial charge >= 0.3 is 0 Å². The Labute approximate surface area is 187 Å². The molecule has 0 fully saturated rings. The molecule has 3 atom stereocenters. The number of hydrogen-bond acceptors (Lipinski definition) is 2. The van der Waals surface area contributed by atoms with Crippen LogP contribution in [0, 0.1) is 28.6 Å². The van der Waals surface area contributed by atoms with Gasteiger partial charge in [0.2, 0.25) is 0 Å². The molecule has 0 spiro atoms. The summed E-state index contributed by atoms with van der Waals surface area (Å²) in [5.41, 5.74) is 3.19. The Hall–Kier alpha value is -3.04. The normalized spacial score (nSPS) is 14.2. The van der Waals surface area contributed by atoms with Gasteiger partial charge in [0, 0.05) is 16.0 Å². The van der Waals surface area contributed by atoms with Gasteiger partial charge in [-0.15, -0.1) is 0 Å². The van der Waals surface area contributed by atoms with E-state index in [1.54, 1.807) is 12.1 Å². The van der Waals surface area contributed by atoms with Crippen molar-refractivity contribution in [2.24, 2.45) is 5.92 Å². The lowest BCUT2D eigenvalue weighted by molar-refractivity contribution is 0.508. The highest BCUT2D eigenvalue weighted by Gasteiger charge is 2.29. The molecule has 30 heavy (non-hydrogen) atoms. The predicted octanol–water partition coefficient (Wildman–Crippen LogP) is 7.63. The molecule has 3 rings (SSSR count). The van der Waals surface area contributed by atoms with Crippen LogP contribution >= 0.6 is 23.2 Å². The number of rotatable bonds is 6. The molecule has 0 N–H and O–H groups in total. The second-order valence-electron chi connectivity index (χ2n) is 7.16. The molecule has 0 bridgehead atoms. The van der Waals surface area contributed by atoms with Gasteiger partial charge in [-0.05, 0) is 46.9 Å². The van der Waals surface area contributed by atoms with Crippen LogP contribution < -0.4 is 0 Å². The van der Waals surface area contributed by atoms with Crippen molar-refractivity contribution in [3.63, 3.8) is 0 Å². The fourth-order valence-electron chi connectivity index (χ4n) is 3.76. The van der Waals surface area contributed by atoms with E-state index in [0.29, 0.717) is 15.6 Å². The second kappa shape index (κ2) is 10.1. The van der Waals surface area contributed by atoms with E-state index >= 15 is 0 Å². The highest BCUT2D eigenvalue weighted by atomic mass is 35.5. The first kappa shape index (κ1) is 21.7. The van der Waals surface area contributed by atoms with Crippen LogP contribution in [0.1, 0.15) is 35.4 Å². The molecule has 0 heterocycles. The predicted molar refractivity (Wildman–Crippen MR) is 123 cm³/mol. The Balaban J connectivity index is 2.09. The average molecular weight is 431 g/mol. The van der Waals surface area contributed by atoms with E-state index in [2.05, 4.69) is 12.1 Å². The maximum atomic E-state index is 10.1. The number of allylic oxidation sites excluding steroid dienone is 2. The molecule has 2 nitrogen and oxygen atoms in total. The lowest BCUT2D eigenvalue weighted by atomic mass is 9.74. The van der Waals surface area contributed by atoms with Crippen LogP contribution in [0.4, 0.5) is 0 Å². The molecule has 0 aliphatic carbocycles. The summed E-state index contributed by atoms with van der Waals surface area (Å²) in [4.78, 5) is 0. The van der Waals surface area contributed by atoms with E-state index in [4.69, 9.17) is 23.2 Å². The zero-order valence-corrected chi connectivity index (χ0v) is 18.0. The third-order valence-corrected chi connectivity index (χ3v) is 5.61. The largest absolute Gasteiger partial charge is 0.198 e. The second-order valence-corrected chi connectivity index (χ2v) is 8.03. The summed E-state index contributed by atoms with van der Waals surface area (Å²) in [7, 11) is 0. The molecule has 3 aromatic rings. The third kappa shape index (κ3) is 5.11. The lowest BCUT2D eigenvalue weighted by Gasteiger charge is -2.27. The van der Waals surface area contributed by atoms with Gasteiger partial charge in [-0.25, -0.2) is 0 Å². The van der Waals surface area contributed by atoms with Crippen molar-refractivity contribution in [1.29, 1.82) is 10.5 Å². The lowest BCUT2D eigenvalue weighted by Crippen LogP contribution is -2.17. The van der Waals surface area contributed by atoms with E-state index in [1.165, 1.54) is 0 Å². The van der Waals surface area contributed by atoms with Crippen molar-refractivity contribution in [2.45, 2.75) is 18.8 Å². The maximum Gasteiger partial charge on any atom is 0.0994 e. The van der Waals surface area contributed by atoms with Crippen molar-refractivity contribution in [3.05, 3.63) is 112 Å². The highest BCUT2D eigenvalue weighted by Crippen LogP contribution is 2.40. The van der Waals surface area contributed by atoms with Crippen molar-refractivity contribution < 1.29 is 0 Å². The summed E-state index contributed by atoms with van der Waals surface area (Å²) in [6, 6.07) is 29.3. The number of hydrogen-bond donors (Lipinski definition) is 0. The molecule has 0 saturated carbocycles. The Morgan fingerprint density at radius 1 is 0.833 bits per heavy atom. The summed E-state index contributed by atoms with van der Waals surface area (Å²) in [5, 5.41) is 21.1. The van der Waals surface area contributed by atoms with Crippen LogP contribution in [0.15, 0.2) is 84.9 Å². The molecular weight excluding hydrogens is 411 g/mol. The molecule has 3 aromatic carbocycles. The average Bonchev–Trinajstić information content (AvgIpc) is 2.76. The first-order chi connectivity index (χ1) is 14.5. The van der Waals surface area contributed by atoms with Crippen molar-refractivity contribution in [2.75, 3.05) is 0 Å². The molecule has 148 valence electrons. The number of nitrogens with zero attached hydrogens (tertiary/aromatic N) is 2. The van der Waals surface area contributed by atoms with Crippen molar-refractivity contribution >= 4 is 28.8 Å². The topological polar surface area (TPSA) is 47.6 Å². The first-order valence-electron chi connectivity index (χ1n) is 9.61. The number of nitriles is 2. The Morgan fingerprint density at radius 2 is 1.47 bits per heavy atom. The van der Waals surface area contributed by atoms with Crippen LogP contribution in [0.5, 0.6) is 0 Å². The van der Waals surface area contributed by atoms with Crippen LogP contribution in [0.3, 0.4) is 0 Å². The first-order valence-corrected chi connectivity index (χ1v) is 10.4. The molecule has 0 aliphatic heterocycles. The quantitative estimate of drug-likeness (QED) is 0.377. The minimum Gasteiger partial charge on any atom is -0.198 e. The molecule has 0 amide bonds. The van der Waals surface area contributed by atoms with Crippen molar-refractivity contribution in [3.8, 4) is 12.1 Å². The fourth-order valence-corrected chi connectivity index (χ4v) is 4.15. The Morgan fingerprint density at radius 3 is 2.07 bits per heavy atom. The van der Waals surface area contributed by atoms with Gasteiger partial charge in [-0.2, -0.15) is 10.5 Å². The summed E-state index contributed by atoms with van der Waals surface area (Å²) < 4.78 is 0. The standard InChI is InChI=1S/C26H20Cl2N2/c1-18(13-22(16-29)20-9-5-11-23(27)14-20)26(21-10-6-12-24(28)15-21)25(17-30)19-7-3-2-4-8-19/h2-15,18,25-26H,1H3/b22-13+. The number of halogens is 2. The Kier molecular flexibility index (Phi) is 7.31. The molecule has 3 unspecified atom stereocenters. The van der Waals surface area contributed by atoms with Gasteiger partial charge in [-0.1, -0.05) is 90.8 Å². The Bertz CT molecular complexity index is 1120. The molecule has 0 aliphatic rings. The molecule has 4 heteroatoms. The zero-order valence-electron chi connectivity index (χ0n) is 16.5. The van der Waals surface area contributed by atoms with Crippen LogP contribution in [-0.4, -0.2) is 0 Å². The number of benzene rings is 3. The van der Waals surface area contributed by atoms with Gasteiger partial charge in [0.25, 0.3) is 0 Å². The third-order valence-electron chi connectivity index (χ3n) is 5.14. The summed E-state index contributed by atoms with van der Waals surface area (Å²) in [5.74, 6) is -0.684.